The van der Waals surface area contributed by atoms with E-state index in [9.17, 15) is 0 Å². The topological polar surface area (TPSA) is 70.8 Å². The number of ether oxygens (including phenoxy) is 1. The van der Waals surface area contributed by atoms with E-state index >= 15 is 0 Å². The van der Waals surface area contributed by atoms with Crippen LogP contribution in [0.3, 0.4) is 0 Å². The number of hydrogen-bond donors (Lipinski definition) is 1. The molecule has 1 aromatic rings. The maximum absolute atomic E-state index is 5.45. The van der Waals surface area contributed by atoms with Crippen molar-refractivity contribution in [2.75, 3.05) is 52.5 Å². The van der Waals surface area contributed by atoms with Crippen molar-refractivity contribution in [3.05, 3.63) is 11.6 Å². The number of morpholine rings is 1. The first-order valence-corrected chi connectivity index (χ1v) is 11.3. The minimum atomic E-state index is 0. The average Bonchev–Trinajstić information content (AvgIpc) is 3.46. The molecule has 1 aromatic heterocycles. The summed E-state index contributed by atoms with van der Waals surface area (Å²) in [5.74, 6) is 2.91. The van der Waals surface area contributed by atoms with Gasteiger partial charge in [0, 0.05) is 39.8 Å². The van der Waals surface area contributed by atoms with E-state index in [2.05, 4.69) is 25.3 Å². The highest BCUT2D eigenvalue weighted by Crippen LogP contribution is 2.45. The number of halogens is 1. The number of hydrogen-bond acceptors (Lipinski definition) is 5. The number of likely N-dealkylation sites (tertiary alicyclic amines) is 1. The Hall–Kier alpha value is -0.940. The molecule has 0 bridgehead atoms. The van der Waals surface area contributed by atoms with Crippen molar-refractivity contribution >= 4 is 29.9 Å². The molecule has 3 heterocycles. The van der Waals surface area contributed by atoms with Crippen LogP contribution in [0.15, 0.2) is 4.99 Å². The summed E-state index contributed by atoms with van der Waals surface area (Å²) in [6.45, 7) is 10.8. The molecule has 1 spiro atoms. The van der Waals surface area contributed by atoms with E-state index in [-0.39, 0.29) is 24.0 Å². The summed E-state index contributed by atoms with van der Waals surface area (Å²) in [6.07, 6.45) is 8.00. The second-order valence-corrected chi connectivity index (χ2v) is 8.98. The van der Waals surface area contributed by atoms with Gasteiger partial charge in [-0.1, -0.05) is 12.8 Å². The third-order valence-electron chi connectivity index (χ3n) is 6.99. The van der Waals surface area contributed by atoms with Crippen LogP contribution in [0.2, 0.25) is 0 Å². The fourth-order valence-corrected chi connectivity index (χ4v) is 4.98. The fourth-order valence-electron chi connectivity index (χ4n) is 4.98. The highest BCUT2D eigenvalue weighted by Gasteiger charge is 2.41. The molecule has 3 fully saturated rings. The molecule has 0 amide bonds. The smallest absolute Gasteiger partial charge is 0.194 e. The van der Waals surface area contributed by atoms with Gasteiger partial charge >= 0.3 is 0 Å². The van der Waals surface area contributed by atoms with Gasteiger partial charge in [0.25, 0.3) is 0 Å². The van der Waals surface area contributed by atoms with Crippen LogP contribution in [-0.2, 0) is 18.3 Å². The van der Waals surface area contributed by atoms with Gasteiger partial charge in [-0.15, -0.1) is 34.2 Å². The van der Waals surface area contributed by atoms with Gasteiger partial charge in [0.05, 0.1) is 13.2 Å². The third-order valence-corrected chi connectivity index (χ3v) is 6.99. The maximum atomic E-state index is 5.45. The molecule has 0 radical (unpaired) electrons. The first-order chi connectivity index (χ1) is 14.2. The van der Waals surface area contributed by atoms with Crippen molar-refractivity contribution in [1.82, 2.24) is 29.9 Å². The summed E-state index contributed by atoms with van der Waals surface area (Å²) in [7, 11) is 2.01. The van der Waals surface area contributed by atoms with Crippen molar-refractivity contribution in [3.63, 3.8) is 0 Å². The SMILES string of the molecule is Cc1nnc(CN=C(NCCCN2CCOCC2)N2CCC3(CCCC3)C2)n1C.I. The summed E-state index contributed by atoms with van der Waals surface area (Å²) >= 11 is 0. The van der Waals surface area contributed by atoms with Crippen LogP contribution in [0.4, 0.5) is 0 Å². The number of nitrogens with zero attached hydrogens (tertiary/aromatic N) is 6. The zero-order chi connectivity index (χ0) is 20.1. The Bertz CT molecular complexity index is 696. The minimum Gasteiger partial charge on any atom is -0.379 e. The molecule has 3 aliphatic rings. The first kappa shape index (κ1) is 23.7. The number of aromatic nitrogens is 3. The van der Waals surface area contributed by atoms with Gasteiger partial charge in [0.1, 0.15) is 12.4 Å². The van der Waals surface area contributed by atoms with Crippen LogP contribution >= 0.6 is 24.0 Å². The number of aliphatic imine (C=N–C) groups is 1. The largest absolute Gasteiger partial charge is 0.379 e. The second-order valence-electron chi connectivity index (χ2n) is 8.98. The molecule has 1 N–H and O–H groups in total. The molecule has 2 saturated heterocycles. The Morgan fingerprint density at radius 2 is 1.90 bits per heavy atom. The van der Waals surface area contributed by atoms with Crippen molar-refractivity contribution in [1.29, 1.82) is 0 Å². The van der Waals surface area contributed by atoms with E-state index in [4.69, 9.17) is 9.73 Å². The zero-order valence-corrected chi connectivity index (χ0v) is 20.9. The number of aryl methyl sites for hydroxylation is 1. The Labute approximate surface area is 197 Å². The predicted octanol–water partition coefficient (Wildman–Crippen LogP) is 2.18. The molecule has 1 aliphatic carbocycles. The first-order valence-electron chi connectivity index (χ1n) is 11.3. The lowest BCUT2D eigenvalue weighted by Gasteiger charge is -2.28. The lowest BCUT2D eigenvalue weighted by Crippen LogP contribution is -2.43. The van der Waals surface area contributed by atoms with Crippen molar-refractivity contribution in [2.24, 2.45) is 17.5 Å². The van der Waals surface area contributed by atoms with Crippen LogP contribution in [0.5, 0.6) is 0 Å². The van der Waals surface area contributed by atoms with Gasteiger partial charge < -0.3 is 19.5 Å². The monoisotopic (exact) mass is 531 g/mol. The molecule has 1 saturated carbocycles. The van der Waals surface area contributed by atoms with E-state index in [1.54, 1.807) is 0 Å². The van der Waals surface area contributed by atoms with Crippen molar-refractivity contribution in [2.45, 2.75) is 52.0 Å². The van der Waals surface area contributed by atoms with Crippen LogP contribution < -0.4 is 5.32 Å². The minimum absolute atomic E-state index is 0. The molecule has 0 unspecified atom stereocenters. The molecule has 4 rings (SSSR count). The lowest BCUT2D eigenvalue weighted by molar-refractivity contribution is 0.0375. The summed E-state index contributed by atoms with van der Waals surface area (Å²) in [6, 6.07) is 0. The molecule has 0 atom stereocenters. The number of guanidine groups is 1. The molecule has 0 aromatic carbocycles. The van der Waals surface area contributed by atoms with Gasteiger partial charge in [0.15, 0.2) is 11.8 Å². The molecular formula is C21H38IN7O. The Morgan fingerprint density at radius 1 is 1.13 bits per heavy atom. The number of nitrogens with one attached hydrogen (secondary N) is 1. The standard InChI is InChI=1S/C21H37N7O.HI/c1-18-24-25-19(26(18)2)16-23-20(22-9-5-10-27-12-14-29-15-13-27)28-11-8-21(17-28)6-3-4-7-21;/h3-17H2,1-2H3,(H,22,23);1H. The maximum Gasteiger partial charge on any atom is 0.194 e. The highest BCUT2D eigenvalue weighted by molar-refractivity contribution is 14.0. The van der Waals surface area contributed by atoms with E-state index in [0.29, 0.717) is 12.0 Å². The van der Waals surface area contributed by atoms with Gasteiger partial charge in [-0.3, -0.25) is 4.90 Å². The van der Waals surface area contributed by atoms with Gasteiger partial charge in [-0.05, 0) is 44.6 Å². The molecular weight excluding hydrogens is 493 g/mol. The molecule has 170 valence electrons. The molecule has 9 heteroatoms. The molecule has 8 nitrogen and oxygen atoms in total. The van der Waals surface area contributed by atoms with Crippen LogP contribution in [-0.4, -0.2) is 83.0 Å². The Kier molecular flexibility index (Phi) is 8.76. The summed E-state index contributed by atoms with van der Waals surface area (Å²) in [5.41, 5.74) is 0.539. The zero-order valence-electron chi connectivity index (χ0n) is 18.6. The lowest BCUT2D eigenvalue weighted by atomic mass is 9.86. The van der Waals surface area contributed by atoms with Crippen LogP contribution in [0.25, 0.3) is 0 Å². The van der Waals surface area contributed by atoms with Crippen molar-refractivity contribution < 1.29 is 4.74 Å². The summed E-state index contributed by atoms with van der Waals surface area (Å²) in [4.78, 5) is 9.95. The molecule has 2 aliphatic heterocycles. The Balaban J connectivity index is 0.00000256. The van der Waals surface area contributed by atoms with Gasteiger partial charge in [-0.25, -0.2) is 4.99 Å². The average molecular weight is 531 g/mol. The Morgan fingerprint density at radius 3 is 2.60 bits per heavy atom. The normalized spacial score (nSPS) is 21.9. The van der Waals surface area contributed by atoms with E-state index in [1.807, 2.05) is 18.5 Å². The van der Waals surface area contributed by atoms with Crippen LogP contribution in [0.1, 0.15) is 50.2 Å². The summed E-state index contributed by atoms with van der Waals surface area (Å²) < 4.78 is 7.48. The second kappa shape index (κ2) is 11.1. The summed E-state index contributed by atoms with van der Waals surface area (Å²) in [5, 5.41) is 12.1. The number of rotatable bonds is 6. The quantitative estimate of drug-likeness (QED) is 0.263. The van der Waals surface area contributed by atoms with Gasteiger partial charge in [0.2, 0.25) is 0 Å². The fraction of sp³-hybridized carbons (Fsp3) is 0.857. The van der Waals surface area contributed by atoms with E-state index < -0.39 is 0 Å². The third kappa shape index (κ3) is 5.85. The van der Waals surface area contributed by atoms with E-state index in [1.165, 1.54) is 32.1 Å². The predicted molar refractivity (Wildman–Crippen MR) is 129 cm³/mol. The van der Waals surface area contributed by atoms with Crippen LogP contribution in [0, 0.1) is 12.3 Å². The van der Waals surface area contributed by atoms with Crippen molar-refractivity contribution in [3.8, 4) is 0 Å². The highest BCUT2D eigenvalue weighted by atomic mass is 127. The van der Waals surface area contributed by atoms with E-state index in [0.717, 1.165) is 76.5 Å². The van der Waals surface area contributed by atoms with Gasteiger partial charge in [-0.2, -0.15) is 0 Å². The molecule has 30 heavy (non-hydrogen) atoms.